The molecule has 1 saturated heterocycles. The highest BCUT2D eigenvalue weighted by Crippen LogP contribution is 2.65. The summed E-state index contributed by atoms with van der Waals surface area (Å²) in [6.07, 6.45) is 6.69. The van der Waals surface area contributed by atoms with Gasteiger partial charge in [0.1, 0.15) is 0 Å². The van der Waals surface area contributed by atoms with Crippen molar-refractivity contribution in [1.29, 1.82) is 0 Å². The van der Waals surface area contributed by atoms with Gasteiger partial charge in [-0.05, 0) is 53.4 Å². The Labute approximate surface area is 77.8 Å². The van der Waals surface area contributed by atoms with E-state index in [-0.39, 0.29) is 0 Å². The highest BCUT2D eigenvalue weighted by molar-refractivity contribution is 7.99. The van der Waals surface area contributed by atoms with Crippen LogP contribution in [0.1, 0.15) is 6.42 Å². The van der Waals surface area contributed by atoms with Gasteiger partial charge in [-0.15, -0.1) is 0 Å². The lowest BCUT2D eigenvalue weighted by molar-refractivity contribution is 0.156. The topological polar surface area (TPSA) is 0 Å². The molecule has 6 atom stereocenters. The molecule has 0 N–H and O–H groups in total. The van der Waals surface area contributed by atoms with Crippen molar-refractivity contribution in [1.82, 2.24) is 0 Å². The Kier molecular flexibility index (Phi) is 1.06. The molecule has 0 aromatic rings. The summed E-state index contributed by atoms with van der Waals surface area (Å²) in [4.78, 5) is 0. The zero-order chi connectivity index (χ0) is 7.71. The van der Waals surface area contributed by atoms with Crippen LogP contribution in [0.25, 0.3) is 0 Å². The summed E-state index contributed by atoms with van der Waals surface area (Å²) in [5, 5.41) is 0. The van der Waals surface area contributed by atoms with Gasteiger partial charge in [0.05, 0.1) is 0 Å². The first-order valence-corrected chi connectivity index (χ1v) is 6.37. The molecule has 0 spiro atoms. The molecule has 5 aliphatic rings. The van der Waals surface area contributed by atoms with Crippen molar-refractivity contribution < 1.29 is 0 Å². The van der Waals surface area contributed by atoms with Crippen LogP contribution in [0, 0.1) is 35.5 Å². The van der Waals surface area contributed by atoms with Crippen molar-refractivity contribution in [2.75, 3.05) is 11.5 Å². The second-order valence-electron chi connectivity index (χ2n) is 4.97. The molecule has 0 radical (unpaired) electrons. The zero-order valence-electron chi connectivity index (χ0n) is 7.15. The molecule has 3 fully saturated rings. The monoisotopic (exact) mass is 178 g/mol. The fourth-order valence-corrected chi connectivity index (χ4v) is 5.58. The standard InChI is InChI=1S/C11H14S/c1-2-7-9-3-8(9)6(1)10-4-12-5-11(7)10/h1-2,6-11H,3-5H2/t6-,7-,8+,9+,10+,11+/m0/s1. The number of hydrogen-bond donors (Lipinski definition) is 0. The highest BCUT2D eigenvalue weighted by Gasteiger charge is 2.59. The molecule has 0 aromatic carbocycles. The van der Waals surface area contributed by atoms with Gasteiger partial charge in [-0.2, -0.15) is 11.8 Å². The molecule has 1 heterocycles. The molecule has 1 aliphatic heterocycles. The minimum Gasteiger partial charge on any atom is -0.161 e. The average Bonchev–Trinajstić information content (AvgIpc) is 2.77. The van der Waals surface area contributed by atoms with E-state index in [0.29, 0.717) is 0 Å². The van der Waals surface area contributed by atoms with Crippen LogP contribution in [-0.4, -0.2) is 11.5 Å². The summed E-state index contributed by atoms with van der Waals surface area (Å²) >= 11 is 2.21. The Balaban J connectivity index is 1.83. The lowest BCUT2D eigenvalue weighted by Crippen LogP contribution is -2.37. The average molecular weight is 178 g/mol. The molecule has 0 aromatic heterocycles. The molecule has 2 bridgehead atoms. The minimum absolute atomic E-state index is 1.01. The van der Waals surface area contributed by atoms with Crippen molar-refractivity contribution in [3.63, 3.8) is 0 Å². The molecule has 0 unspecified atom stereocenters. The number of allylic oxidation sites excluding steroid dienone is 2. The van der Waals surface area contributed by atoms with E-state index in [1.807, 2.05) is 0 Å². The molecule has 2 saturated carbocycles. The van der Waals surface area contributed by atoms with Crippen LogP contribution in [0.4, 0.5) is 0 Å². The molecule has 64 valence electrons. The fraction of sp³-hybridized carbons (Fsp3) is 0.818. The Morgan fingerprint density at radius 1 is 0.833 bits per heavy atom. The Bertz CT molecular complexity index is 234. The van der Waals surface area contributed by atoms with Gasteiger partial charge in [-0.1, -0.05) is 12.2 Å². The third kappa shape index (κ3) is 0.606. The summed E-state index contributed by atoms with van der Waals surface area (Å²) in [6, 6.07) is 0. The van der Waals surface area contributed by atoms with Crippen molar-refractivity contribution in [2.24, 2.45) is 35.5 Å². The molecule has 1 heteroatoms. The molecule has 0 amide bonds. The van der Waals surface area contributed by atoms with Crippen LogP contribution < -0.4 is 0 Å². The maximum atomic E-state index is 2.56. The summed E-state index contributed by atoms with van der Waals surface area (Å²) in [6.45, 7) is 0. The first-order chi connectivity index (χ1) is 5.95. The van der Waals surface area contributed by atoms with E-state index >= 15 is 0 Å². The number of hydrogen-bond acceptors (Lipinski definition) is 1. The van der Waals surface area contributed by atoms with E-state index in [4.69, 9.17) is 0 Å². The SMILES string of the molecule is C1=C[C@@H]2[C@H]3CSC[C@@H]3[C@@H]1[C@H]1C[C@H]21. The van der Waals surface area contributed by atoms with Gasteiger partial charge < -0.3 is 0 Å². The second-order valence-corrected chi connectivity index (χ2v) is 6.04. The fourth-order valence-electron chi connectivity index (χ4n) is 3.96. The van der Waals surface area contributed by atoms with E-state index in [1.54, 1.807) is 6.42 Å². The van der Waals surface area contributed by atoms with Crippen molar-refractivity contribution in [3.05, 3.63) is 12.2 Å². The van der Waals surface area contributed by atoms with Crippen molar-refractivity contribution in [3.8, 4) is 0 Å². The van der Waals surface area contributed by atoms with Crippen LogP contribution in [0.5, 0.6) is 0 Å². The van der Waals surface area contributed by atoms with E-state index in [1.165, 1.54) is 11.5 Å². The van der Waals surface area contributed by atoms with Gasteiger partial charge in [0.25, 0.3) is 0 Å². The van der Waals surface area contributed by atoms with Gasteiger partial charge in [-0.3, -0.25) is 0 Å². The quantitative estimate of drug-likeness (QED) is 0.513. The molecule has 5 rings (SSSR count). The Morgan fingerprint density at radius 3 is 2.00 bits per heavy atom. The van der Waals surface area contributed by atoms with Crippen LogP contribution in [0.2, 0.25) is 0 Å². The number of rotatable bonds is 0. The summed E-state index contributed by atoms with van der Waals surface area (Å²) in [5.74, 6) is 9.43. The first-order valence-electron chi connectivity index (χ1n) is 5.21. The minimum atomic E-state index is 1.01. The largest absolute Gasteiger partial charge is 0.161 e. The van der Waals surface area contributed by atoms with E-state index in [2.05, 4.69) is 23.9 Å². The third-order valence-corrected chi connectivity index (χ3v) is 5.84. The van der Waals surface area contributed by atoms with Gasteiger partial charge in [0.2, 0.25) is 0 Å². The zero-order valence-corrected chi connectivity index (χ0v) is 7.96. The molecule has 12 heavy (non-hydrogen) atoms. The Hall–Kier alpha value is 0.0900. The molecule has 0 nitrogen and oxygen atoms in total. The van der Waals surface area contributed by atoms with Crippen molar-refractivity contribution in [2.45, 2.75) is 6.42 Å². The van der Waals surface area contributed by atoms with Crippen LogP contribution >= 0.6 is 11.8 Å². The van der Waals surface area contributed by atoms with E-state index in [0.717, 1.165) is 35.5 Å². The van der Waals surface area contributed by atoms with Crippen LogP contribution in [0.15, 0.2) is 12.2 Å². The van der Waals surface area contributed by atoms with E-state index in [9.17, 15) is 0 Å². The van der Waals surface area contributed by atoms with Crippen molar-refractivity contribution >= 4 is 11.8 Å². The van der Waals surface area contributed by atoms with Gasteiger partial charge >= 0.3 is 0 Å². The molecular formula is C11H14S. The highest BCUT2D eigenvalue weighted by atomic mass is 32.2. The smallest absolute Gasteiger partial charge is 0.00301 e. The van der Waals surface area contributed by atoms with Gasteiger partial charge in [0.15, 0.2) is 0 Å². The maximum Gasteiger partial charge on any atom is -0.00301 e. The lowest BCUT2D eigenvalue weighted by atomic mass is 9.64. The molecular weight excluding hydrogens is 164 g/mol. The predicted octanol–water partition coefficient (Wildman–Crippen LogP) is 2.42. The Morgan fingerprint density at radius 2 is 1.42 bits per heavy atom. The third-order valence-electron chi connectivity index (χ3n) is 4.59. The molecule has 4 aliphatic carbocycles. The summed E-state index contributed by atoms with van der Waals surface area (Å²) < 4.78 is 0. The van der Waals surface area contributed by atoms with Crippen LogP contribution in [0.3, 0.4) is 0 Å². The second kappa shape index (κ2) is 1.95. The van der Waals surface area contributed by atoms with Gasteiger partial charge in [0, 0.05) is 0 Å². The van der Waals surface area contributed by atoms with Crippen LogP contribution in [-0.2, 0) is 0 Å². The summed E-state index contributed by atoms with van der Waals surface area (Å²) in [7, 11) is 0. The normalized spacial score (nSPS) is 64.7. The van der Waals surface area contributed by atoms with E-state index < -0.39 is 0 Å². The first kappa shape index (κ1) is 6.53. The predicted molar refractivity (Wildman–Crippen MR) is 52.0 cm³/mol. The van der Waals surface area contributed by atoms with Gasteiger partial charge in [-0.25, -0.2) is 0 Å². The summed E-state index contributed by atoms with van der Waals surface area (Å²) in [5.41, 5.74) is 0. The lowest BCUT2D eigenvalue weighted by Gasteiger charge is -2.40. The number of thioether (sulfide) groups is 1. The maximum absolute atomic E-state index is 2.56.